The molecular weight excluding hydrogens is 542 g/mol. The monoisotopic (exact) mass is 585 g/mol. The minimum Gasteiger partial charge on any atom is -0.497 e. The van der Waals surface area contributed by atoms with Crippen molar-refractivity contribution in [3.63, 3.8) is 0 Å². The van der Waals surface area contributed by atoms with Crippen molar-refractivity contribution in [2.75, 3.05) is 33.6 Å². The van der Waals surface area contributed by atoms with Crippen LogP contribution in [0.3, 0.4) is 0 Å². The number of hydrogen-bond acceptors (Lipinski definition) is 10. The van der Waals surface area contributed by atoms with Crippen LogP contribution in [0.1, 0.15) is 82.3 Å². The number of rotatable bonds is 11. The molecule has 0 bridgehead atoms. The topological polar surface area (TPSA) is 124 Å². The summed E-state index contributed by atoms with van der Waals surface area (Å²) in [6.45, 7) is 5.55. The Balaban J connectivity index is 1.31. The predicted octanol–water partition coefficient (Wildman–Crippen LogP) is 3.36. The Morgan fingerprint density at radius 1 is 1.12 bits per heavy atom. The summed E-state index contributed by atoms with van der Waals surface area (Å²) in [7, 11) is 1.57. The number of carbonyl (C=O) groups excluding carboxylic acids is 2. The van der Waals surface area contributed by atoms with Gasteiger partial charge in [-0.25, -0.2) is 4.79 Å². The van der Waals surface area contributed by atoms with Gasteiger partial charge in [0.25, 0.3) is 0 Å². The number of benzene rings is 1. The Kier molecular flexibility index (Phi) is 7.68. The lowest BCUT2D eigenvalue weighted by Crippen LogP contribution is -2.49. The normalized spacial score (nSPS) is 27.7. The lowest BCUT2D eigenvalue weighted by molar-refractivity contribution is -0.179. The molecule has 2 N–H and O–H groups in total. The van der Waals surface area contributed by atoms with Gasteiger partial charge in [0.1, 0.15) is 5.76 Å². The quantitative estimate of drug-likeness (QED) is 0.374. The van der Waals surface area contributed by atoms with E-state index < -0.39 is 41.2 Å². The number of ether oxygens (including phenoxy) is 5. The molecule has 10 nitrogen and oxygen atoms in total. The molecule has 1 aromatic rings. The van der Waals surface area contributed by atoms with Gasteiger partial charge < -0.3 is 33.9 Å². The molecular formula is C32H43NO9. The van der Waals surface area contributed by atoms with Crippen LogP contribution in [-0.4, -0.2) is 83.5 Å². The van der Waals surface area contributed by atoms with Crippen molar-refractivity contribution in [3.05, 3.63) is 35.1 Å². The molecule has 1 saturated heterocycles. The molecule has 10 heteroatoms. The van der Waals surface area contributed by atoms with E-state index in [0.29, 0.717) is 42.6 Å². The molecule has 0 aromatic heterocycles. The molecule has 42 heavy (non-hydrogen) atoms. The maximum Gasteiger partial charge on any atom is 0.339 e. The average molecular weight is 586 g/mol. The van der Waals surface area contributed by atoms with Crippen molar-refractivity contribution >= 4 is 11.9 Å². The third-order valence-corrected chi connectivity index (χ3v) is 9.57. The Morgan fingerprint density at radius 2 is 1.88 bits per heavy atom. The Bertz CT molecular complexity index is 1250. The van der Waals surface area contributed by atoms with E-state index >= 15 is 0 Å². The molecule has 3 heterocycles. The number of fused-ring (bicyclic) bond motifs is 3. The highest BCUT2D eigenvalue weighted by Gasteiger charge is 2.59. The summed E-state index contributed by atoms with van der Waals surface area (Å²) >= 11 is 0. The zero-order valence-electron chi connectivity index (χ0n) is 24.9. The summed E-state index contributed by atoms with van der Waals surface area (Å²) in [5.74, 6) is 0.435. The molecule has 3 aliphatic heterocycles. The van der Waals surface area contributed by atoms with E-state index in [0.717, 1.165) is 56.3 Å². The summed E-state index contributed by atoms with van der Waals surface area (Å²) < 4.78 is 28.9. The van der Waals surface area contributed by atoms with Crippen molar-refractivity contribution in [1.82, 2.24) is 4.90 Å². The SMILES string of the molecule is COC1=C[C@@]23CCCN2CCc2cc4c(cc2[C@@H]3C1OC(=O)[C@@](O)(CCCC(C)(C)O)CC(=O)OCC1CC1)OCO4. The number of nitrogens with zero attached hydrogens (tertiary/aromatic N) is 1. The fourth-order valence-corrected chi connectivity index (χ4v) is 7.18. The second-order valence-corrected chi connectivity index (χ2v) is 13.3. The van der Waals surface area contributed by atoms with Gasteiger partial charge in [-0.2, -0.15) is 0 Å². The van der Waals surface area contributed by atoms with Crippen LogP contribution in [0.4, 0.5) is 0 Å². The first-order valence-corrected chi connectivity index (χ1v) is 15.3. The Morgan fingerprint density at radius 3 is 2.60 bits per heavy atom. The summed E-state index contributed by atoms with van der Waals surface area (Å²) in [5.41, 5.74) is -1.40. The van der Waals surface area contributed by atoms with Gasteiger partial charge in [0.2, 0.25) is 6.79 Å². The number of methoxy groups -OCH3 is 1. The standard InChI is InChI=1S/C32H43NO9/c1-30(2,36)9-4-11-32(37,17-26(34)39-18-20-6-7-20)29(35)42-28-25(38-3)16-31-10-5-12-33(31)13-8-21-14-23-24(41-19-40-23)15-22(21)27(28)31/h14-16,20,27-28,36-37H,4-13,17-19H2,1-3H3/t27-,28?,31-,32-/m1/s1. The van der Waals surface area contributed by atoms with Gasteiger partial charge in [-0.15, -0.1) is 0 Å². The summed E-state index contributed by atoms with van der Waals surface area (Å²) in [6.07, 6.45) is 6.09. The van der Waals surface area contributed by atoms with Crippen LogP contribution in [0.15, 0.2) is 24.0 Å². The first-order chi connectivity index (χ1) is 20.0. The van der Waals surface area contributed by atoms with Crippen LogP contribution in [0.25, 0.3) is 0 Å². The largest absolute Gasteiger partial charge is 0.497 e. The highest BCUT2D eigenvalue weighted by atomic mass is 16.7. The smallest absolute Gasteiger partial charge is 0.339 e. The van der Waals surface area contributed by atoms with E-state index in [2.05, 4.69) is 11.0 Å². The second-order valence-electron chi connectivity index (χ2n) is 13.3. The van der Waals surface area contributed by atoms with Crippen molar-refractivity contribution in [2.45, 2.75) is 100 Å². The third kappa shape index (κ3) is 5.61. The Hall–Kier alpha value is -2.82. The van der Waals surface area contributed by atoms with Gasteiger partial charge in [-0.05, 0) is 107 Å². The molecule has 2 fully saturated rings. The zero-order valence-corrected chi connectivity index (χ0v) is 24.9. The van der Waals surface area contributed by atoms with E-state index in [1.807, 2.05) is 12.1 Å². The molecule has 1 unspecified atom stereocenters. The molecule has 1 aromatic carbocycles. The van der Waals surface area contributed by atoms with Gasteiger partial charge in [0, 0.05) is 6.54 Å². The summed E-state index contributed by atoms with van der Waals surface area (Å²) in [4.78, 5) is 29.2. The highest BCUT2D eigenvalue weighted by molar-refractivity contribution is 5.86. The number of esters is 2. The predicted molar refractivity (Wildman–Crippen MR) is 151 cm³/mol. The number of aliphatic hydroxyl groups is 2. The molecule has 5 aliphatic rings. The van der Waals surface area contributed by atoms with E-state index in [4.69, 9.17) is 23.7 Å². The van der Waals surface area contributed by atoms with Crippen LogP contribution < -0.4 is 9.47 Å². The Labute approximate surface area is 246 Å². The lowest BCUT2D eigenvalue weighted by atomic mass is 9.77. The molecule has 1 spiro atoms. The fourth-order valence-electron chi connectivity index (χ4n) is 7.18. The van der Waals surface area contributed by atoms with E-state index in [9.17, 15) is 19.8 Å². The fraction of sp³-hybridized carbons (Fsp3) is 0.688. The van der Waals surface area contributed by atoms with Crippen LogP contribution >= 0.6 is 0 Å². The highest BCUT2D eigenvalue weighted by Crippen LogP contribution is 2.55. The summed E-state index contributed by atoms with van der Waals surface area (Å²) in [5, 5.41) is 22.0. The van der Waals surface area contributed by atoms with Crippen LogP contribution in [0.2, 0.25) is 0 Å². The van der Waals surface area contributed by atoms with Crippen molar-refractivity contribution in [2.24, 2.45) is 5.92 Å². The van der Waals surface area contributed by atoms with Crippen LogP contribution in [0, 0.1) is 5.92 Å². The average Bonchev–Trinajstić information content (AvgIpc) is 3.41. The third-order valence-electron chi connectivity index (χ3n) is 9.57. The molecule has 4 atom stereocenters. The molecule has 1 saturated carbocycles. The molecule has 0 radical (unpaired) electrons. The summed E-state index contributed by atoms with van der Waals surface area (Å²) in [6, 6.07) is 4.03. The molecule has 0 amide bonds. The molecule has 230 valence electrons. The first kappa shape index (κ1) is 29.3. The van der Waals surface area contributed by atoms with E-state index in [1.54, 1.807) is 21.0 Å². The van der Waals surface area contributed by atoms with Crippen LogP contribution in [-0.2, 0) is 30.2 Å². The van der Waals surface area contributed by atoms with Crippen LogP contribution in [0.5, 0.6) is 11.5 Å². The molecule has 2 aliphatic carbocycles. The first-order valence-electron chi connectivity index (χ1n) is 15.3. The van der Waals surface area contributed by atoms with Gasteiger partial charge >= 0.3 is 11.9 Å². The minimum absolute atomic E-state index is 0.0513. The van der Waals surface area contributed by atoms with Crippen molar-refractivity contribution in [1.29, 1.82) is 0 Å². The van der Waals surface area contributed by atoms with Gasteiger partial charge in [0.05, 0.1) is 37.2 Å². The second kappa shape index (κ2) is 11.0. The van der Waals surface area contributed by atoms with Gasteiger partial charge in [0.15, 0.2) is 23.2 Å². The zero-order chi connectivity index (χ0) is 29.7. The van der Waals surface area contributed by atoms with Gasteiger partial charge in [-0.1, -0.05) is 0 Å². The van der Waals surface area contributed by atoms with E-state index in [-0.39, 0.29) is 19.1 Å². The molecule has 6 rings (SSSR count). The van der Waals surface area contributed by atoms with Gasteiger partial charge in [-0.3, -0.25) is 9.69 Å². The van der Waals surface area contributed by atoms with E-state index in [1.165, 1.54) is 0 Å². The lowest BCUT2D eigenvalue weighted by Gasteiger charge is -2.39. The van der Waals surface area contributed by atoms with Crippen molar-refractivity contribution in [3.8, 4) is 11.5 Å². The number of hydrogen-bond donors (Lipinski definition) is 2. The van der Waals surface area contributed by atoms with Crippen molar-refractivity contribution < 1.29 is 43.5 Å². The maximum absolute atomic E-state index is 14.0. The minimum atomic E-state index is -2.11. The maximum atomic E-state index is 14.0. The number of carbonyl (C=O) groups is 2.